The minimum Gasteiger partial charge on any atom is -0.497 e. The summed E-state index contributed by atoms with van der Waals surface area (Å²) in [5.74, 6) is 1.08. The first-order chi connectivity index (χ1) is 16.3. The summed E-state index contributed by atoms with van der Waals surface area (Å²) in [5.41, 5.74) is 3.35. The van der Waals surface area contributed by atoms with Crippen molar-refractivity contribution in [2.75, 3.05) is 20.3 Å². The van der Waals surface area contributed by atoms with E-state index >= 15 is 0 Å². The molecule has 0 saturated carbocycles. The van der Waals surface area contributed by atoms with Gasteiger partial charge < -0.3 is 18.8 Å². The van der Waals surface area contributed by atoms with Crippen LogP contribution in [0.25, 0.3) is 0 Å². The predicted molar refractivity (Wildman–Crippen MR) is 133 cm³/mol. The number of nitrogens with zero attached hydrogens (tertiary/aromatic N) is 1. The second-order valence-electron chi connectivity index (χ2n) is 9.98. The third kappa shape index (κ3) is 5.53. The molecule has 0 radical (unpaired) electrons. The van der Waals surface area contributed by atoms with Gasteiger partial charge in [-0.25, -0.2) is 0 Å². The molecule has 1 fully saturated rings. The highest BCUT2D eigenvalue weighted by Gasteiger charge is 2.42. The van der Waals surface area contributed by atoms with E-state index in [4.69, 9.17) is 13.9 Å². The molecule has 1 aliphatic rings. The van der Waals surface area contributed by atoms with Crippen LogP contribution in [0.2, 0.25) is 0 Å². The lowest BCUT2D eigenvalue weighted by Gasteiger charge is -2.46. The number of rotatable bonds is 8. The maximum Gasteiger partial charge on any atom is 0.289 e. The largest absolute Gasteiger partial charge is 0.497 e. The fraction of sp³-hybridized carbons (Fsp3) is 0.414. The van der Waals surface area contributed by atoms with Gasteiger partial charge in [-0.3, -0.25) is 4.79 Å². The Morgan fingerprint density at radius 3 is 2.41 bits per heavy atom. The molecule has 0 bridgehead atoms. The molecule has 0 aliphatic carbocycles. The summed E-state index contributed by atoms with van der Waals surface area (Å²) < 4.78 is 16.8. The van der Waals surface area contributed by atoms with E-state index < -0.39 is 0 Å². The van der Waals surface area contributed by atoms with Crippen LogP contribution in [-0.2, 0) is 16.7 Å². The molecule has 0 N–H and O–H groups in total. The molecule has 1 atom stereocenters. The Labute approximate surface area is 202 Å². The zero-order chi connectivity index (χ0) is 24.2. The fourth-order valence-electron chi connectivity index (χ4n) is 5.10. The van der Waals surface area contributed by atoms with E-state index in [0.717, 1.165) is 30.6 Å². The van der Waals surface area contributed by atoms with E-state index in [9.17, 15) is 4.79 Å². The van der Waals surface area contributed by atoms with Crippen LogP contribution >= 0.6 is 0 Å². The highest BCUT2D eigenvalue weighted by Crippen LogP contribution is 2.44. The van der Waals surface area contributed by atoms with Gasteiger partial charge in [0.25, 0.3) is 5.91 Å². The maximum absolute atomic E-state index is 13.4. The lowest BCUT2D eigenvalue weighted by Crippen LogP contribution is -2.46. The Morgan fingerprint density at radius 2 is 1.79 bits per heavy atom. The predicted octanol–water partition coefficient (Wildman–Crippen LogP) is 6.16. The SMILES string of the molecule is COc1ccc(CN(CC[C@@]2(c3ccc(C)cc3)CCOC(C)(C)C2)C(=O)c2ccco2)cc1. The summed E-state index contributed by atoms with van der Waals surface area (Å²) in [7, 11) is 1.65. The van der Waals surface area contributed by atoms with Crippen LogP contribution in [0, 0.1) is 6.92 Å². The van der Waals surface area contributed by atoms with Gasteiger partial charge in [-0.2, -0.15) is 0 Å². The third-order valence-corrected chi connectivity index (χ3v) is 6.91. The smallest absolute Gasteiger partial charge is 0.289 e. The normalized spacial score (nSPS) is 19.5. The van der Waals surface area contributed by atoms with Gasteiger partial charge >= 0.3 is 0 Å². The van der Waals surface area contributed by atoms with Crippen molar-refractivity contribution in [3.63, 3.8) is 0 Å². The van der Waals surface area contributed by atoms with Crippen LogP contribution in [0.4, 0.5) is 0 Å². The molecular formula is C29H35NO4. The number of methoxy groups -OCH3 is 1. The molecule has 0 spiro atoms. The van der Waals surface area contributed by atoms with Crippen LogP contribution < -0.4 is 4.74 Å². The van der Waals surface area contributed by atoms with E-state index in [0.29, 0.717) is 25.5 Å². The number of amides is 1. The van der Waals surface area contributed by atoms with Gasteiger partial charge in [-0.15, -0.1) is 0 Å². The number of hydrogen-bond acceptors (Lipinski definition) is 4. The molecule has 2 heterocycles. The standard InChI is InChI=1S/C29H35NO4/c1-22-7-11-24(12-8-22)29(16-19-34-28(2,3)21-29)15-17-30(27(31)26-6-5-18-33-26)20-23-9-13-25(32-4)14-10-23/h5-14,18H,15-17,19-21H2,1-4H3/t29-/m1/s1. The number of ether oxygens (including phenoxy) is 2. The Balaban J connectivity index is 1.61. The van der Waals surface area contributed by atoms with Crippen LogP contribution in [0.15, 0.2) is 71.3 Å². The molecule has 5 nitrogen and oxygen atoms in total. The quantitative estimate of drug-likeness (QED) is 0.403. The maximum atomic E-state index is 13.4. The van der Waals surface area contributed by atoms with Gasteiger partial charge in [0, 0.05) is 25.1 Å². The first-order valence-electron chi connectivity index (χ1n) is 12.0. The summed E-state index contributed by atoms with van der Waals surface area (Å²) in [4.78, 5) is 15.3. The molecule has 2 aromatic carbocycles. The summed E-state index contributed by atoms with van der Waals surface area (Å²) in [5, 5.41) is 0. The van der Waals surface area contributed by atoms with Crippen molar-refractivity contribution in [2.45, 2.75) is 57.6 Å². The van der Waals surface area contributed by atoms with Gasteiger partial charge in [-0.1, -0.05) is 42.0 Å². The molecule has 1 aromatic heterocycles. The van der Waals surface area contributed by atoms with Crippen molar-refractivity contribution >= 4 is 5.91 Å². The fourth-order valence-corrected chi connectivity index (χ4v) is 5.10. The number of hydrogen-bond donors (Lipinski definition) is 0. The molecule has 4 rings (SSSR count). The molecule has 5 heteroatoms. The molecule has 34 heavy (non-hydrogen) atoms. The third-order valence-electron chi connectivity index (χ3n) is 6.91. The average Bonchev–Trinajstić information content (AvgIpc) is 3.36. The highest BCUT2D eigenvalue weighted by molar-refractivity contribution is 5.91. The van der Waals surface area contributed by atoms with E-state index in [-0.39, 0.29) is 16.9 Å². The summed E-state index contributed by atoms with van der Waals surface area (Å²) in [6.45, 7) is 8.29. The van der Waals surface area contributed by atoms with Gasteiger partial charge in [0.2, 0.25) is 0 Å². The van der Waals surface area contributed by atoms with Crippen molar-refractivity contribution in [3.8, 4) is 5.75 Å². The van der Waals surface area contributed by atoms with Gasteiger partial charge in [0.05, 0.1) is 19.0 Å². The number of furan rings is 1. The lowest BCUT2D eigenvalue weighted by molar-refractivity contribution is -0.0850. The zero-order valence-electron chi connectivity index (χ0n) is 20.7. The summed E-state index contributed by atoms with van der Waals surface area (Å²) in [6.07, 6.45) is 4.25. The number of aryl methyl sites for hydroxylation is 1. The minimum atomic E-state index is -0.213. The molecular weight excluding hydrogens is 426 g/mol. The first kappa shape index (κ1) is 24.1. The molecule has 1 aliphatic heterocycles. The summed E-state index contributed by atoms with van der Waals surface area (Å²) >= 11 is 0. The second-order valence-corrected chi connectivity index (χ2v) is 9.98. The molecule has 3 aromatic rings. The van der Waals surface area contributed by atoms with Gasteiger partial charge in [0.1, 0.15) is 5.75 Å². The van der Waals surface area contributed by atoms with Crippen molar-refractivity contribution in [1.82, 2.24) is 4.90 Å². The zero-order valence-corrected chi connectivity index (χ0v) is 20.7. The molecule has 0 unspecified atom stereocenters. The highest BCUT2D eigenvalue weighted by atomic mass is 16.5. The van der Waals surface area contributed by atoms with Crippen LogP contribution in [-0.4, -0.2) is 36.7 Å². The average molecular weight is 462 g/mol. The monoisotopic (exact) mass is 461 g/mol. The van der Waals surface area contributed by atoms with Crippen LogP contribution in [0.5, 0.6) is 5.75 Å². The van der Waals surface area contributed by atoms with E-state index in [1.165, 1.54) is 11.1 Å². The Kier molecular flexibility index (Phi) is 7.13. The van der Waals surface area contributed by atoms with Crippen molar-refractivity contribution in [1.29, 1.82) is 0 Å². The Morgan fingerprint density at radius 1 is 1.06 bits per heavy atom. The van der Waals surface area contributed by atoms with Crippen molar-refractivity contribution in [3.05, 3.63) is 89.4 Å². The van der Waals surface area contributed by atoms with E-state index in [1.807, 2.05) is 29.2 Å². The Hall–Kier alpha value is -3.05. The first-order valence-corrected chi connectivity index (χ1v) is 12.0. The molecule has 1 amide bonds. The van der Waals surface area contributed by atoms with Crippen molar-refractivity contribution < 1.29 is 18.7 Å². The second kappa shape index (κ2) is 10.1. The topological polar surface area (TPSA) is 51.9 Å². The Bertz CT molecular complexity index is 1070. The summed E-state index contributed by atoms with van der Waals surface area (Å²) in [6, 6.07) is 20.2. The van der Waals surface area contributed by atoms with E-state index in [2.05, 4.69) is 45.0 Å². The minimum absolute atomic E-state index is 0.0585. The number of benzene rings is 2. The van der Waals surface area contributed by atoms with E-state index in [1.54, 1.807) is 25.5 Å². The molecule has 1 saturated heterocycles. The van der Waals surface area contributed by atoms with Gasteiger partial charge in [0.15, 0.2) is 5.76 Å². The van der Waals surface area contributed by atoms with Crippen molar-refractivity contribution in [2.24, 2.45) is 0 Å². The number of carbonyl (C=O) groups excluding carboxylic acids is 1. The number of carbonyl (C=O) groups is 1. The molecule has 180 valence electrons. The van der Waals surface area contributed by atoms with Crippen LogP contribution in [0.3, 0.4) is 0 Å². The van der Waals surface area contributed by atoms with Crippen LogP contribution in [0.1, 0.15) is 60.4 Å². The lowest BCUT2D eigenvalue weighted by atomic mass is 9.67. The van der Waals surface area contributed by atoms with Gasteiger partial charge in [-0.05, 0) is 75.4 Å².